The van der Waals surface area contributed by atoms with Gasteiger partial charge in [-0.1, -0.05) is 78.9 Å². The Bertz CT molecular complexity index is 2700. The summed E-state index contributed by atoms with van der Waals surface area (Å²) in [4.78, 5) is 5.81. The third-order valence-electron chi connectivity index (χ3n) is 11.1. The first-order chi connectivity index (χ1) is 33.7. The summed E-state index contributed by atoms with van der Waals surface area (Å²) in [5.41, 5.74) is -29.2. The Balaban J connectivity index is 0.000000436. The minimum atomic E-state index is -6.13. The number of aromatic nitrogens is 1. The van der Waals surface area contributed by atoms with E-state index < -0.39 is 195 Å². The Morgan fingerprint density at radius 1 is 0.284 bits per heavy atom. The maximum Gasteiger partial charge on any atom is 0.416 e. The van der Waals surface area contributed by atoms with Crippen molar-refractivity contribution in [2.75, 3.05) is 0 Å². The number of fused-ring (bicyclic) bond motifs is 1. The summed E-state index contributed by atoms with van der Waals surface area (Å²) >= 11 is 0. The van der Waals surface area contributed by atoms with Crippen LogP contribution in [0.15, 0.2) is 146 Å². The van der Waals surface area contributed by atoms with E-state index in [-0.39, 0.29) is 0 Å². The average molecular weight is 1090 g/mol. The molecule has 0 aliphatic carbocycles. The number of pyridine rings is 1. The van der Waals surface area contributed by atoms with Gasteiger partial charge >= 0.3 is 49.4 Å². The lowest BCUT2D eigenvalue weighted by Crippen LogP contribution is -2.75. The maximum atomic E-state index is 14.2. The molecule has 0 saturated heterocycles. The Morgan fingerprint density at radius 3 is 0.797 bits per heavy atom. The van der Waals surface area contributed by atoms with Gasteiger partial charge in [-0.25, -0.2) is 4.84 Å². The topological polar surface area (TPSA) is 13.1 Å². The second-order valence-corrected chi connectivity index (χ2v) is 16.0. The molecule has 7 aromatic rings. The molecular weight excluding hydrogens is 1060 g/mol. The van der Waals surface area contributed by atoms with E-state index in [9.17, 15) is 105 Å². The van der Waals surface area contributed by atoms with Crippen LogP contribution in [0.2, 0.25) is 0 Å². The summed E-state index contributed by atoms with van der Waals surface area (Å²) in [7, 11) is 0. The molecule has 27 heteroatoms. The van der Waals surface area contributed by atoms with Gasteiger partial charge in [0.25, 0.3) is 5.52 Å². The number of nitrogens with zero attached hydrogens (tertiary/aromatic N) is 1. The standard InChI is InChI=1S/C32H12BF24.C15H12NO/c34-25(35,36)13-1-14(26(37,38)39)6-21(5-13)33(22-7-15(27(40,41)42)2-16(8-22)28(43,44)45,23-9-17(29(46,47)48)3-18(10-23)30(49,50)51)24-11-19(31(52,53)54)4-20(12-24)32(55,56)57;1-2-9-14(10-3-1)17-16-12-6-8-13-7-4-5-11-15(13)16/h1-12H;1-12H/q-1;+1. The summed E-state index contributed by atoms with van der Waals surface area (Å²) in [5, 5.41) is 1.16. The van der Waals surface area contributed by atoms with Gasteiger partial charge in [0.2, 0.25) is 11.9 Å². The first-order valence-corrected chi connectivity index (χ1v) is 20.2. The molecule has 0 bridgehead atoms. The molecule has 6 aromatic carbocycles. The first-order valence-electron chi connectivity index (χ1n) is 20.2. The summed E-state index contributed by atoms with van der Waals surface area (Å²) in [5.74, 6) is 0.828. The fourth-order valence-corrected chi connectivity index (χ4v) is 7.88. The molecule has 0 radical (unpaired) electrons. The fraction of sp³-hybridized carbons (Fsp3) is 0.170. The highest BCUT2D eigenvalue weighted by molar-refractivity contribution is 7.20. The third-order valence-corrected chi connectivity index (χ3v) is 11.1. The number of para-hydroxylation sites is 2. The molecule has 2 nitrogen and oxygen atoms in total. The Morgan fingerprint density at radius 2 is 0.527 bits per heavy atom. The van der Waals surface area contributed by atoms with Crippen LogP contribution >= 0.6 is 0 Å². The van der Waals surface area contributed by atoms with Crippen molar-refractivity contribution in [1.82, 2.24) is 0 Å². The first kappa shape index (κ1) is 56.2. The molecule has 7 rings (SSSR count). The van der Waals surface area contributed by atoms with Gasteiger partial charge in [-0.3, -0.25) is 0 Å². The van der Waals surface area contributed by atoms with Crippen molar-refractivity contribution in [1.29, 1.82) is 0 Å². The largest absolute Gasteiger partial charge is 0.416 e. The van der Waals surface area contributed by atoms with Crippen LogP contribution in [0.5, 0.6) is 5.75 Å². The minimum Gasteiger partial charge on any atom is -0.231 e. The predicted octanol–water partition coefficient (Wildman–Crippen LogP) is 14.2. The molecule has 0 saturated carbocycles. The minimum absolute atomic E-state index is 0.691. The summed E-state index contributed by atoms with van der Waals surface area (Å²) in [6.07, 6.45) is -52.9. The van der Waals surface area contributed by atoms with Crippen molar-refractivity contribution in [2.24, 2.45) is 0 Å². The van der Waals surface area contributed by atoms with Gasteiger partial charge in [-0.15, -0.1) is 0 Å². The number of halogens is 24. The molecule has 0 unspecified atom stereocenters. The monoisotopic (exact) mass is 1090 g/mol. The molecule has 0 aliphatic heterocycles. The number of hydrogen-bond acceptors (Lipinski definition) is 1. The van der Waals surface area contributed by atoms with E-state index in [4.69, 9.17) is 4.84 Å². The van der Waals surface area contributed by atoms with E-state index >= 15 is 0 Å². The fourth-order valence-electron chi connectivity index (χ4n) is 7.88. The van der Waals surface area contributed by atoms with Gasteiger partial charge in [0.15, 0.2) is 0 Å². The number of rotatable bonds is 6. The summed E-state index contributed by atoms with van der Waals surface area (Å²) in [6.45, 7) is 0. The van der Waals surface area contributed by atoms with E-state index in [1.54, 1.807) is 4.73 Å². The van der Waals surface area contributed by atoms with Gasteiger partial charge in [-0.05, 0) is 48.5 Å². The van der Waals surface area contributed by atoms with Crippen molar-refractivity contribution >= 4 is 38.9 Å². The smallest absolute Gasteiger partial charge is 0.231 e. The van der Waals surface area contributed by atoms with Crippen molar-refractivity contribution in [3.63, 3.8) is 0 Å². The van der Waals surface area contributed by atoms with Crippen LogP contribution in [0.4, 0.5) is 105 Å². The average Bonchev–Trinajstić information content (AvgIpc) is 3.27. The SMILES string of the molecule is FC(F)(F)c1cc([B-](c2cc(C(F)(F)F)cc(C(F)(F)F)c2)(c2cc(C(F)(F)F)cc(C(F)(F)F)c2)c2cc(C(F)(F)F)cc(C(F)(F)F)c2)cc(C(F)(F)F)c1.c1ccc(O[n+]2cccc3ccccc32)cc1. The number of benzene rings is 6. The molecule has 1 aromatic heterocycles. The third kappa shape index (κ3) is 12.5. The second kappa shape index (κ2) is 19.3. The van der Waals surface area contributed by atoms with E-state index in [0.717, 1.165) is 16.7 Å². The van der Waals surface area contributed by atoms with Gasteiger partial charge in [0.1, 0.15) is 6.15 Å². The van der Waals surface area contributed by atoms with Crippen molar-refractivity contribution < 1.29 is 115 Å². The molecule has 0 atom stereocenters. The lowest BCUT2D eigenvalue weighted by Gasteiger charge is -2.46. The van der Waals surface area contributed by atoms with Crippen LogP contribution in [0.3, 0.4) is 0 Å². The van der Waals surface area contributed by atoms with Crippen molar-refractivity contribution in [3.05, 3.63) is 190 Å². The normalized spacial score (nSPS) is 13.4. The maximum absolute atomic E-state index is 14.2. The lowest BCUT2D eigenvalue weighted by molar-refractivity contribution is -0.854. The summed E-state index contributed by atoms with van der Waals surface area (Å²) < 4.78 is 343. The highest BCUT2D eigenvalue weighted by Crippen LogP contribution is 2.41. The van der Waals surface area contributed by atoms with E-state index in [0.29, 0.717) is 0 Å². The quantitative estimate of drug-likeness (QED) is 0.0919. The highest BCUT2D eigenvalue weighted by Gasteiger charge is 2.47. The zero-order chi connectivity index (χ0) is 55.4. The van der Waals surface area contributed by atoms with Gasteiger partial charge in [0.05, 0.1) is 49.9 Å². The van der Waals surface area contributed by atoms with Gasteiger partial charge in [0, 0.05) is 16.9 Å². The second-order valence-electron chi connectivity index (χ2n) is 16.0. The van der Waals surface area contributed by atoms with Crippen LogP contribution in [-0.2, 0) is 49.4 Å². The van der Waals surface area contributed by atoms with Gasteiger partial charge in [-0.2, -0.15) is 127 Å². The van der Waals surface area contributed by atoms with Gasteiger partial charge < -0.3 is 0 Å². The number of hydrogen-bond donors (Lipinski definition) is 0. The lowest BCUT2D eigenvalue weighted by atomic mass is 9.12. The molecule has 0 N–H and O–H groups in total. The van der Waals surface area contributed by atoms with Crippen LogP contribution in [-0.4, -0.2) is 6.15 Å². The molecular formula is C47H24BF24NO. The molecule has 1 heterocycles. The molecule has 0 aliphatic rings. The Hall–Kier alpha value is -7.09. The molecule has 74 heavy (non-hydrogen) atoms. The summed E-state index contributed by atoms with van der Waals surface area (Å²) in [6, 6.07) is 13.1. The Labute approximate surface area is 398 Å². The molecule has 0 amide bonds. The van der Waals surface area contributed by atoms with Crippen molar-refractivity contribution in [2.45, 2.75) is 49.4 Å². The van der Waals surface area contributed by atoms with E-state index in [1.165, 1.54) is 0 Å². The van der Waals surface area contributed by atoms with Crippen LogP contribution in [0, 0.1) is 0 Å². The molecule has 394 valence electrons. The Kier molecular flexibility index (Phi) is 14.7. The van der Waals surface area contributed by atoms with Crippen molar-refractivity contribution in [3.8, 4) is 5.75 Å². The van der Waals surface area contributed by atoms with Crippen LogP contribution < -0.4 is 31.4 Å². The highest BCUT2D eigenvalue weighted by atomic mass is 19.4. The zero-order valence-corrected chi connectivity index (χ0v) is 35.9. The van der Waals surface area contributed by atoms with E-state index in [2.05, 4.69) is 12.1 Å². The van der Waals surface area contributed by atoms with Crippen LogP contribution in [0.1, 0.15) is 44.5 Å². The van der Waals surface area contributed by atoms with Crippen LogP contribution in [0.25, 0.3) is 10.9 Å². The number of alkyl halides is 24. The van der Waals surface area contributed by atoms with E-state index in [1.807, 2.05) is 60.8 Å². The molecule has 0 spiro atoms. The predicted molar refractivity (Wildman–Crippen MR) is 217 cm³/mol. The molecule has 0 fully saturated rings. The zero-order valence-electron chi connectivity index (χ0n) is 35.9.